The molecule has 1 aromatic rings. The molecule has 1 aromatic carbocycles. The zero-order valence-electron chi connectivity index (χ0n) is 13.2. The van der Waals surface area contributed by atoms with Crippen LogP contribution in [0.2, 0.25) is 0 Å². The molecule has 0 spiro atoms. The highest BCUT2D eigenvalue weighted by molar-refractivity contribution is 5.87. The third-order valence-electron chi connectivity index (χ3n) is 5.05. The normalized spacial score (nSPS) is 20.6. The maximum absolute atomic E-state index is 12.7. The number of rotatable bonds is 4. The average Bonchev–Trinajstić information content (AvgIpc) is 2.97. The molecule has 0 unspecified atom stereocenters. The topological polar surface area (TPSA) is 46.3 Å². The summed E-state index contributed by atoms with van der Waals surface area (Å²) >= 11 is 0. The number of nitrogens with zero attached hydrogens (tertiary/aromatic N) is 1. The molecule has 0 atom stereocenters. The standard InChI is InChI=1S/C18H26N2O/c1-17(2,16(21)20-11-3-4-12-20)15-7-5-14(6-8-15)13-18(19)9-10-18/h5-8H,3-4,9-13,19H2,1-2H3. The summed E-state index contributed by atoms with van der Waals surface area (Å²) < 4.78 is 0. The van der Waals surface area contributed by atoms with Gasteiger partial charge in [-0.1, -0.05) is 24.3 Å². The molecular weight excluding hydrogens is 260 g/mol. The van der Waals surface area contributed by atoms with Gasteiger partial charge in [-0.15, -0.1) is 0 Å². The summed E-state index contributed by atoms with van der Waals surface area (Å²) in [6, 6.07) is 8.49. The third-order valence-corrected chi connectivity index (χ3v) is 5.05. The van der Waals surface area contributed by atoms with Gasteiger partial charge in [-0.2, -0.15) is 0 Å². The Labute approximate surface area is 127 Å². The minimum atomic E-state index is -0.442. The number of amides is 1. The molecule has 1 heterocycles. The van der Waals surface area contributed by atoms with Gasteiger partial charge in [0.25, 0.3) is 0 Å². The molecule has 1 saturated heterocycles. The van der Waals surface area contributed by atoms with Crippen LogP contribution < -0.4 is 5.73 Å². The van der Waals surface area contributed by atoms with Crippen molar-refractivity contribution >= 4 is 5.91 Å². The summed E-state index contributed by atoms with van der Waals surface area (Å²) in [7, 11) is 0. The maximum atomic E-state index is 12.7. The number of hydrogen-bond acceptors (Lipinski definition) is 2. The van der Waals surface area contributed by atoms with Gasteiger partial charge < -0.3 is 10.6 Å². The molecule has 3 heteroatoms. The van der Waals surface area contributed by atoms with Crippen molar-refractivity contribution in [2.45, 2.75) is 56.9 Å². The molecule has 1 aliphatic heterocycles. The molecule has 21 heavy (non-hydrogen) atoms. The number of nitrogens with two attached hydrogens (primary N) is 1. The Hall–Kier alpha value is -1.35. The van der Waals surface area contributed by atoms with E-state index in [0.717, 1.165) is 50.8 Å². The Morgan fingerprint density at radius 3 is 2.29 bits per heavy atom. The summed E-state index contributed by atoms with van der Waals surface area (Å²) in [5, 5.41) is 0. The van der Waals surface area contributed by atoms with Gasteiger partial charge in [0.2, 0.25) is 5.91 Å². The third kappa shape index (κ3) is 2.98. The maximum Gasteiger partial charge on any atom is 0.232 e. The summed E-state index contributed by atoms with van der Waals surface area (Å²) in [5.74, 6) is 0.255. The molecular formula is C18H26N2O. The van der Waals surface area contributed by atoms with Crippen LogP contribution >= 0.6 is 0 Å². The van der Waals surface area contributed by atoms with E-state index >= 15 is 0 Å². The van der Waals surface area contributed by atoms with Gasteiger partial charge >= 0.3 is 0 Å². The van der Waals surface area contributed by atoms with Crippen LogP contribution in [0.5, 0.6) is 0 Å². The van der Waals surface area contributed by atoms with Crippen molar-refractivity contribution in [2.75, 3.05) is 13.1 Å². The van der Waals surface area contributed by atoms with Crippen molar-refractivity contribution in [3.05, 3.63) is 35.4 Å². The van der Waals surface area contributed by atoms with Gasteiger partial charge in [-0.05, 0) is 57.1 Å². The first-order valence-electron chi connectivity index (χ1n) is 8.08. The van der Waals surface area contributed by atoms with E-state index < -0.39 is 5.41 Å². The van der Waals surface area contributed by atoms with Crippen molar-refractivity contribution in [2.24, 2.45) is 5.73 Å². The fourth-order valence-corrected chi connectivity index (χ4v) is 3.22. The molecule has 2 fully saturated rings. The average molecular weight is 286 g/mol. The molecule has 114 valence electrons. The Kier molecular flexibility index (Phi) is 3.56. The second kappa shape index (κ2) is 5.13. The minimum absolute atomic E-state index is 0.0441. The highest BCUT2D eigenvalue weighted by Crippen LogP contribution is 2.36. The summed E-state index contributed by atoms with van der Waals surface area (Å²) in [6.45, 7) is 5.90. The molecule has 1 saturated carbocycles. The SMILES string of the molecule is CC(C)(C(=O)N1CCCC1)c1ccc(CC2(N)CC2)cc1. The van der Waals surface area contributed by atoms with Crippen LogP contribution in [0.25, 0.3) is 0 Å². The lowest BCUT2D eigenvalue weighted by atomic mass is 9.82. The lowest BCUT2D eigenvalue weighted by molar-refractivity contribution is -0.135. The number of hydrogen-bond donors (Lipinski definition) is 1. The van der Waals surface area contributed by atoms with Gasteiger partial charge in [-0.3, -0.25) is 4.79 Å². The number of carbonyl (C=O) groups is 1. The number of likely N-dealkylation sites (tertiary alicyclic amines) is 1. The van der Waals surface area contributed by atoms with Gasteiger partial charge in [0.1, 0.15) is 0 Å². The predicted octanol–water partition coefficient (Wildman–Crippen LogP) is 2.62. The monoisotopic (exact) mass is 286 g/mol. The van der Waals surface area contributed by atoms with E-state index in [2.05, 4.69) is 24.3 Å². The summed E-state index contributed by atoms with van der Waals surface area (Å²) in [6.07, 6.45) is 5.49. The van der Waals surface area contributed by atoms with Crippen LogP contribution in [-0.4, -0.2) is 29.4 Å². The molecule has 3 rings (SSSR count). The Morgan fingerprint density at radius 2 is 1.76 bits per heavy atom. The largest absolute Gasteiger partial charge is 0.342 e. The second-order valence-electron chi connectivity index (χ2n) is 7.36. The molecule has 2 aliphatic rings. The molecule has 0 aromatic heterocycles. The van der Waals surface area contributed by atoms with Gasteiger partial charge in [0.05, 0.1) is 5.41 Å². The van der Waals surface area contributed by atoms with Gasteiger partial charge in [0.15, 0.2) is 0 Å². The fraction of sp³-hybridized carbons (Fsp3) is 0.611. The van der Waals surface area contributed by atoms with Crippen molar-refractivity contribution in [1.29, 1.82) is 0 Å². The van der Waals surface area contributed by atoms with Crippen molar-refractivity contribution < 1.29 is 4.79 Å². The van der Waals surface area contributed by atoms with E-state index in [1.807, 2.05) is 18.7 Å². The highest BCUT2D eigenvalue weighted by Gasteiger charge is 2.38. The number of benzene rings is 1. The Morgan fingerprint density at radius 1 is 1.19 bits per heavy atom. The van der Waals surface area contributed by atoms with Crippen molar-refractivity contribution in [1.82, 2.24) is 4.90 Å². The zero-order chi connectivity index (χ0) is 15.1. The van der Waals surface area contributed by atoms with Crippen LogP contribution in [0.4, 0.5) is 0 Å². The minimum Gasteiger partial charge on any atom is -0.342 e. The molecule has 2 N–H and O–H groups in total. The molecule has 0 bridgehead atoms. The van der Waals surface area contributed by atoms with Crippen LogP contribution in [0.1, 0.15) is 50.7 Å². The molecule has 1 aliphatic carbocycles. The predicted molar refractivity (Wildman–Crippen MR) is 85.1 cm³/mol. The fourth-order valence-electron chi connectivity index (χ4n) is 3.22. The van der Waals surface area contributed by atoms with E-state index in [9.17, 15) is 4.79 Å². The van der Waals surface area contributed by atoms with E-state index in [4.69, 9.17) is 5.73 Å². The first-order valence-corrected chi connectivity index (χ1v) is 8.08. The lowest BCUT2D eigenvalue weighted by Crippen LogP contribution is -2.41. The van der Waals surface area contributed by atoms with Crippen LogP contribution in [0, 0.1) is 0 Å². The van der Waals surface area contributed by atoms with Crippen molar-refractivity contribution in [3.63, 3.8) is 0 Å². The van der Waals surface area contributed by atoms with E-state index in [-0.39, 0.29) is 11.4 Å². The molecule has 1 amide bonds. The van der Waals surface area contributed by atoms with E-state index in [0.29, 0.717) is 0 Å². The Balaban J connectivity index is 1.73. The lowest BCUT2D eigenvalue weighted by Gasteiger charge is -2.29. The van der Waals surface area contributed by atoms with E-state index in [1.54, 1.807) is 0 Å². The first-order chi connectivity index (χ1) is 9.91. The summed E-state index contributed by atoms with van der Waals surface area (Å²) in [5.41, 5.74) is 8.16. The van der Waals surface area contributed by atoms with Crippen LogP contribution in [-0.2, 0) is 16.6 Å². The highest BCUT2D eigenvalue weighted by atomic mass is 16.2. The summed E-state index contributed by atoms with van der Waals surface area (Å²) in [4.78, 5) is 14.7. The quantitative estimate of drug-likeness (QED) is 0.925. The van der Waals surface area contributed by atoms with Gasteiger partial charge in [-0.25, -0.2) is 0 Å². The zero-order valence-corrected chi connectivity index (χ0v) is 13.2. The number of carbonyl (C=O) groups excluding carboxylic acids is 1. The second-order valence-corrected chi connectivity index (χ2v) is 7.36. The Bertz CT molecular complexity index is 523. The van der Waals surface area contributed by atoms with Crippen molar-refractivity contribution in [3.8, 4) is 0 Å². The van der Waals surface area contributed by atoms with Crippen LogP contribution in [0.3, 0.4) is 0 Å². The smallest absolute Gasteiger partial charge is 0.232 e. The van der Waals surface area contributed by atoms with Gasteiger partial charge in [0, 0.05) is 18.6 Å². The molecule has 0 radical (unpaired) electrons. The first kappa shape index (κ1) is 14.6. The molecule has 3 nitrogen and oxygen atoms in total. The van der Waals surface area contributed by atoms with Crippen LogP contribution in [0.15, 0.2) is 24.3 Å². The van der Waals surface area contributed by atoms with E-state index in [1.165, 1.54) is 5.56 Å².